The fourth-order valence-electron chi connectivity index (χ4n) is 2.45. The van der Waals surface area contributed by atoms with Crippen molar-refractivity contribution in [1.82, 2.24) is 0 Å². The number of esters is 1. The van der Waals surface area contributed by atoms with Gasteiger partial charge in [0.1, 0.15) is 5.75 Å². The molecule has 0 saturated carbocycles. The number of rotatable bonds is 6. The van der Waals surface area contributed by atoms with Gasteiger partial charge in [-0.15, -0.1) is 0 Å². The van der Waals surface area contributed by atoms with Crippen LogP contribution in [0.1, 0.15) is 6.92 Å². The van der Waals surface area contributed by atoms with Crippen molar-refractivity contribution in [3.63, 3.8) is 0 Å². The lowest BCUT2D eigenvalue weighted by Gasteiger charge is -2.14. The molecule has 1 amide bonds. The molecule has 0 aliphatic heterocycles. The van der Waals surface area contributed by atoms with E-state index in [1.54, 1.807) is 18.2 Å². The zero-order chi connectivity index (χ0) is 18.4. The Kier molecular flexibility index (Phi) is 5.49. The number of anilines is 1. The van der Waals surface area contributed by atoms with E-state index in [4.69, 9.17) is 9.47 Å². The molecule has 0 bridgehead atoms. The van der Waals surface area contributed by atoms with Gasteiger partial charge in [0.25, 0.3) is 5.91 Å². The smallest absolute Gasteiger partial charge is 0.344 e. The number of nitrogens with one attached hydrogen (secondary N) is 1. The second-order valence-corrected chi connectivity index (χ2v) is 5.78. The van der Waals surface area contributed by atoms with Crippen LogP contribution in [-0.2, 0) is 14.3 Å². The highest BCUT2D eigenvalue weighted by molar-refractivity contribution is 5.95. The van der Waals surface area contributed by atoms with Crippen LogP contribution in [0.4, 0.5) is 5.69 Å². The molecule has 0 unspecified atom stereocenters. The van der Waals surface area contributed by atoms with E-state index in [1.165, 1.54) is 6.92 Å². The summed E-state index contributed by atoms with van der Waals surface area (Å²) in [6.45, 7) is 1.26. The third-order valence-corrected chi connectivity index (χ3v) is 3.80. The van der Waals surface area contributed by atoms with Gasteiger partial charge < -0.3 is 14.8 Å². The Labute approximate surface area is 151 Å². The quantitative estimate of drug-likeness (QED) is 0.688. The predicted molar refractivity (Wildman–Crippen MR) is 100 cm³/mol. The normalized spacial score (nSPS) is 11.6. The van der Waals surface area contributed by atoms with Crippen LogP contribution < -0.4 is 10.1 Å². The summed E-state index contributed by atoms with van der Waals surface area (Å²) in [7, 11) is 0. The first-order valence-electron chi connectivity index (χ1n) is 8.29. The zero-order valence-corrected chi connectivity index (χ0v) is 14.3. The van der Waals surface area contributed by atoms with Gasteiger partial charge in [0.15, 0.2) is 12.7 Å². The average molecular weight is 349 g/mol. The summed E-state index contributed by atoms with van der Waals surface area (Å²) in [5, 5.41) is 4.80. The van der Waals surface area contributed by atoms with Crippen LogP contribution in [0.15, 0.2) is 72.8 Å². The number of carbonyl (C=O) groups excluding carboxylic acids is 2. The Hall–Kier alpha value is -3.34. The number of fused-ring (bicyclic) bond motifs is 1. The first kappa shape index (κ1) is 17.5. The van der Waals surface area contributed by atoms with E-state index in [1.807, 2.05) is 54.6 Å². The lowest BCUT2D eigenvalue weighted by molar-refractivity contribution is -0.155. The molecule has 0 fully saturated rings. The lowest BCUT2D eigenvalue weighted by atomic mass is 10.1. The van der Waals surface area contributed by atoms with Gasteiger partial charge in [-0.05, 0) is 42.0 Å². The number of hydrogen-bond acceptors (Lipinski definition) is 4. The SMILES string of the molecule is C[C@H](OC(=O)COc1ccc2ccccc2c1)C(=O)Nc1ccccc1. The molecule has 0 spiro atoms. The fraction of sp³-hybridized carbons (Fsp3) is 0.143. The van der Waals surface area contributed by atoms with Crippen LogP contribution in [0.5, 0.6) is 5.75 Å². The number of para-hydroxylation sites is 1. The Balaban J connectivity index is 1.50. The van der Waals surface area contributed by atoms with Gasteiger partial charge in [-0.3, -0.25) is 4.79 Å². The minimum absolute atomic E-state index is 0.263. The van der Waals surface area contributed by atoms with E-state index < -0.39 is 18.0 Å². The Morgan fingerprint density at radius 1 is 0.923 bits per heavy atom. The summed E-state index contributed by atoms with van der Waals surface area (Å²) in [5.41, 5.74) is 0.646. The molecular weight excluding hydrogens is 330 g/mol. The summed E-state index contributed by atoms with van der Waals surface area (Å²) in [6.07, 6.45) is -0.914. The molecule has 26 heavy (non-hydrogen) atoms. The highest BCUT2D eigenvalue weighted by atomic mass is 16.6. The van der Waals surface area contributed by atoms with Crippen molar-refractivity contribution >= 4 is 28.3 Å². The monoisotopic (exact) mass is 349 g/mol. The number of benzene rings is 3. The van der Waals surface area contributed by atoms with Gasteiger partial charge in [-0.1, -0.05) is 48.5 Å². The van der Waals surface area contributed by atoms with Crippen LogP contribution in [0, 0.1) is 0 Å². The molecule has 132 valence electrons. The van der Waals surface area contributed by atoms with Crippen LogP contribution in [0.2, 0.25) is 0 Å². The molecule has 0 saturated heterocycles. The number of amides is 1. The molecule has 5 heteroatoms. The summed E-state index contributed by atoms with van der Waals surface area (Å²) in [6, 6.07) is 22.4. The van der Waals surface area contributed by atoms with E-state index in [9.17, 15) is 9.59 Å². The van der Waals surface area contributed by atoms with E-state index >= 15 is 0 Å². The van der Waals surface area contributed by atoms with Crippen molar-refractivity contribution in [2.24, 2.45) is 0 Å². The fourth-order valence-corrected chi connectivity index (χ4v) is 2.45. The minimum atomic E-state index is -0.914. The molecular formula is C21H19NO4. The van der Waals surface area contributed by atoms with Crippen LogP contribution in [-0.4, -0.2) is 24.6 Å². The summed E-state index contributed by atoms with van der Waals surface area (Å²) < 4.78 is 10.6. The van der Waals surface area contributed by atoms with Crippen LogP contribution in [0.25, 0.3) is 10.8 Å². The Bertz CT molecular complexity index is 908. The first-order chi connectivity index (χ1) is 12.6. The third kappa shape index (κ3) is 4.60. The van der Waals surface area contributed by atoms with Crippen LogP contribution in [0.3, 0.4) is 0 Å². The number of ether oxygens (including phenoxy) is 2. The van der Waals surface area contributed by atoms with Crippen molar-refractivity contribution in [3.8, 4) is 5.75 Å². The molecule has 0 aliphatic rings. The second kappa shape index (κ2) is 8.16. The van der Waals surface area contributed by atoms with Crippen molar-refractivity contribution < 1.29 is 19.1 Å². The lowest BCUT2D eigenvalue weighted by Crippen LogP contribution is -2.31. The van der Waals surface area contributed by atoms with Crippen molar-refractivity contribution in [1.29, 1.82) is 0 Å². The largest absolute Gasteiger partial charge is 0.482 e. The molecule has 0 aliphatic carbocycles. The topological polar surface area (TPSA) is 64.6 Å². The van der Waals surface area contributed by atoms with Gasteiger partial charge in [0, 0.05) is 5.69 Å². The van der Waals surface area contributed by atoms with Crippen LogP contribution >= 0.6 is 0 Å². The molecule has 3 rings (SSSR count). The van der Waals surface area contributed by atoms with E-state index in [0.29, 0.717) is 11.4 Å². The van der Waals surface area contributed by atoms with Gasteiger partial charge in [0.2, 0.25) is 0 Å². The number of hydrogen-bond donors (Lipinski definition) is 1. The second-order valence-electron chi connectivity index (χ2n) is 5.78. The van der Waals surface area contributed by atoms with Gasteiger partial charge >= 0.3 is 5.97 Å². The molecule has 1 atom stereocenters. The maximum absolute atomic E-state index is 12.0. The molecule has 1 N–H and O–H groups in total. The number of carbonyl (C=O) groups is 2. The van der Waals surface area contributed by atoms with Gasteiger partial charge in [-0.25, -0.2) is 4.79 Å². The Morgan fingerprint density at radius 2 is 1.62 bits per heavy atom. The van der Waals surface area contributed by atoms with Gasteiger partial charge in [-0.2, -0.15) is 0 Å². The highest BCUT2D eigenvalue weighted by Gasteiger charge is 2.18. The molecule has 3 aromatic carbocycles. The van der Waals surface area contributed by atoms with Crippen molar-refractivity contribution in [2.45, 2.75) is 13.0 Å². The summed E-state index contributed by atoms with van der Waals surface area (Å²) >= 11 is 0. The van der Waals surface area contributed by atoms with Crippen molar-refractivity contribution in [3.05, 3.63) is 72.8 Å². The predicted octanol–water partition coefficient (Wildman–Crippen LogP) is 3.79. The first-order valence-corrected chi connectivity index (χ1v) is 8.29. The minimum Gasteiger partial charge on any atom is -0.482 e. The highest BCUT2D eigenvalue weighted by Crippen LogP contribution is 2.20. The third-order valence-electron chi connectivity index (χ3n) is 3.80. The van der Waals surface area contributed by atoms with Gasteiger partial charge in [0.05, 0.1) is 0 Å². The molecule has 3 aromatic rings. The van der Waals surface area contributed by atoms with E-state index in [-0.39, 0.29) is 6.61 Å². The maximum Gasteiger partial charge on any atom is 0.344 e. The Morgan fingerprint density at radius 3 is 2.38 bits per heavy atom. The standard InChI is InChI=1S/C21H19NO4/c1-15(21(24)22-18-9-3-2-4-10-18)26-20(23)14-25-19-12-11-16-7-5-6-8-17(16)13-19/h2-13,15H,14H2,1H3,(H,22,24)/t15-/m0/s1. The average Bonchev–Trinajstić information content (AvgIpc) is 2.67. The summed E-state index contributed by atoms with van der Waals surface area (Å²) in [5.74, 6) is -0.425. The molecule has 0 radical (unpaired) electrons. The molecule has 0 heterocycles. The molecule has 0 aromatic heterocycles. The van der Waals surface area contributed by atoms with Crippen molar-refractivity contribution in [2.75, 3.05) is 11.9 Å². The maximum atomic E-state index is 12.0. The molecule has 5 nitrogen and oxygen atoms in total. The van der Waals surface area contributed by atoms with E-state index in [2.05, 4.69) is 5.32 Å². The van der Waals surface area contributed by atoms with E-state index in [0.717, 1.165) is 10.8 Å². The zero-order valence-electron chi connectivity index (χ0n) is 14.3. The summed E-state index contributed by atoms with van der Waals surface area (Å²) in [4.78, 5) is 24.0.